The number of carbonyl (C=O) groups is 1. The first-order chi connectivity index (χ1) is 12.7. The number of carboxylic acids is 1. The molecule has 1 aromatic rings. The first-order valence-corrected chi connectivity index (χ1v) is 8.29. The number of anilines is 1. The highest BCUT2D eigenvalue weighted by Crippen LogP contribution is 2.27. The number of alkyl halides is 3. The molecule has 27 heavy (non-hydrogen) atoms. The fourth-order valence-electron chi connectivity index (χ4n) is 1.97. The lowest BCUT2D eigenvalue weighted by Gasteiger charge is -2.16. The molecule has 1 rings (SSSR count). The van der Waals surface area contributed by atoms with Gasteiger partial charge in [0.1, 0.15) is 0 Å². The van der Waals surface area contributed by atoms with Gasteiger partial charge in [-0.05, 0) is 39.0 Å². The van der Waals surface area contributed by atoms with Crippen LogP contribution in [0.1, 0.15) is 31.1 Å². The van der Waals surface area contributed by atoms with E-state index in [-0.39, 0.29) is 5.56 Å². The quantitative estimate of drug-likeness (QED) is 0.363. The lowest BCUT2D eigenvalue weighted by atomic mass is 10.2. The summed E-state index contributed by atoms with van der Waals surface area (Å²) in [7, 11) is 0. The third kappa shape index (κ3) is 7.47. The highest BCUT2D eigenvalue weighted by molar-refractivity contribution is 5.88. The molecule has 0 fully saturated rings. The van der Waals surface area contributed by atoms with Gasteiger partial charge in [-0.15, -0.1) is 0 Å². The lowest BCUT2D eigenvalue weighted by molar-refractivity contribution is -0.0882. The normalized spacial score (nSPS) is 14.4. The maximum absolute atomic E-state index is 12.9. The van der Waals surface area contributed by atoms with Gasteiger partial charge in [-0.2, -0.15) is 18.3 Å². The first kappa shape index (κ1) is 22.1. The minimum absolute atomic E-state index is 0.109. The molecule has 0 bridgehead atoms. The molecule has 146 valence electrons. The lowest BCUT2D eigenvalue weighted by Crippen LogP contribution is -2.16. The fraction of sp³-hybridized carbons (Fsp3) is 0.316. The van der Waals surface area contributed by atoms with Gasteiger partial charge in [0.15, 0.2) is 0 Å². The van der Waals surface area contributed by atoms with Gasteiger partial charge in [-0.3, -0.25) is 0 Å². The highest BCUT2D eigenvalue weighted by atomic mass is 19.4. The van der Waals surface area contributed by atoms with Crippen LogP contribution >= 0.6 is 0 Å². The molecule has 1 unspecified atom stereocenters. The van der Waals surface area contributed by atoms with Gasteiger partial charge in [0.25, 0.3) is 0 Å². The molecule has 0 aliphatic rings. The van der Waals surface area contributed by atoms with E-state index in [1.54, 1.807) is 32.9 Å². The van der Waals surface area contributed by atoms with Crippen LogP contribution in [0.3, 0.4) is 0 Å². The summed E-state index contributed by atoms with van der Waals surface area (Å²) in [5.74, 6) is -1.06. The van der Waals surface area contributed by atoms with E-state index in [1.165, 1.54) is 35.4 Å². The molecule has 1 atom stereocenters. The summed E-state index contributed by atoms with van der Waals surface area (Å²) in [6.07, 6.45) is 1.61. The molecule has 0 aliphatic heterocycles. The number of rotatable bonds is 8. The minimum Gasteiger partial charge on any atom is -0.478 e. The molecular formula is C19H22F3N3O2. The molecule has 0 aromatic heterocycles. The average Bonchev–Trinajstić information content (AvgIpc) is 2.61. The molecule has 0 saturated heterocycles. The molecular weight excluding hydrogens is 359 g/mol. The van der Waals surface area contributed by atoms with Crippen LogP contribution in [0.2, 0.25) is 0 Å². The van der Waals surface area contributed by atoms with Crippen molar-refractivity contribution >= 4 is 11.7 Å². The van der Waals surface area contributed by atoms with Crippen molar-refractivity contribution < 1.29 is 23.1 Å². The smallest absolute Gasteiger partial charge is 0.416 e. The average molecular weight is 381 g/mol. The van der Waals surface area contributed by atoms with E-state index < -0.39 is 23.8 Å². The number of aromatic carboxylic acids is 1. The summed E-state index contributed by atoms with van der Waals surface area (Å²) >= 11 is 0. The largest absolute Gasteiger partial charge is 0.478 e. The number of hydrogen-bond acceptors (Lipinski definition) is 3. The third-order valence-corrected chi connectivity index (χ3v) is 3.38. The Morgan fingerprint density at radius 3 is 2.63 bits per heavy atom. The van der Waals surface area contributed by atoms with Crippen molar-refractivity contribution in [2.24, 2.45) is 10.3 Å². The van der Waals surface area contributed by atoms with E-state index in [0.717, 1.165) is 12.2 Å². The number of allylic oxidation sites excluding steroid dienone is 5. The van der Waals surface area contributed by atoms with Crippen LogP contribution in [-0.2, 0) is 0 Å². The number of hydrogen-bond donors (Lipinski definition) is 1. The number of nitrogens with zero attached hydrogens (tertiary/aromatic N) is 3. The molecule has 0 saturated carbocycles. The fourth-order valence-corrected chi connectivity index (χ4v) is 1.97. The zero-order valence-corrected chi connectivity index (χ0v) is 15.3. The number of carboxylic acid groups (broad SMARTS) is 1. The van der Waals surface area contributed by atoms with Crippen LogP contribution in [-0.4, -0.2) is 29.8 Å². The minimum atomic E-state index is -4.46. The second kappa shape index (κ2) is 10.3. The van der Waals surface area contributed by atoms with Gasteiger partial charge in [0, 0.05) is 6.54 Å². The van der Waals surface area contributed by atoms with Crippen LogP contribution in [0.4, 0.5) is 18.9 Å². The van der Waals surface area contributed by atoms with Gasteiger partial charge < -0.3 is 5.11 Å². The van der Waals surface area contributed by atoms with Crippen LogP contribution in [0.15, 0.2) is 70.6 Å². The molecule has 0 heterocycles. The monoisotopic (exact) mass is 381 g/mol. The molecule has 8 heteroatoms. The molecule has 0 amide bonds. The maximum atomic E-state index is 12.9. The highest BCUT2D eigenvalue weighted by Gasteiger charge is 2.31. The van der Waals surface area contributed by atoms with Crippen molar-refractivity contribution in [1.29, 1.82) is 0 Å². The van der Waals surface area contributed by atoms with Crippen LogP contribution in [0.5, 0.6) is 0 Å². The standard InChI is InChI=1S/C19H22F3N3O2/c1-4-6-9-16(19(20,21)22)12-11-14(3)23-24-25(5-2)17-10-7-8-15(13-17)18(26)27/h4,6-14H,5H2,1-3H3,(H,26,27)/b6-4-,12-11+,16-9+,24-23?. The Bertz CT molecular complexity index is 753. The third-order valence-electron chi connectivity index (χ3n) is 3.38. The van der Waals surface area contributed by atoms with Gasteiger partial charge in [0.2, 0.25) is 0 Å². The summed E-state index contributed by atoms with van der Waals surface area (Å²) in [5.41, 5.74) is -0.150. The van der Waals surface area contributed by atoms with Gasteiger partial charge in [0.05, 0.1) is 22.9 Å². The zero-order valence-electron chi connectivity index (χ0n) is 15.3. The maximum Gasteiger partial charge on any atom is 0.416 e. The Morgan fingerprint density at radius 2 is 2.07 bits per heavy atom. The van der Waals surface area contributed by atoms with E-state index in [4.69, 9.17) is 5.11 Å². The van der Waals surface area contributed by atoms with Crippen molar-refractivity contribution in [2.75, 3.05) is 11.6 Å². The molecule has 5 nitrogen and oxygen atoms in total. The Balaban J connectivity index is 2.92. The van der Waals surface area contributed by atoms with E-state index in [1.807, 2.05) is 0 Å². The second-order valence-electron chi connectivity index (χ2n) is 5.52. The second-order valence-corrected chi connectivity index (χ2v) is 5.52. The van der Waals surface area contributed by atoms with Gasteiger partial charge in [-0.1, -0.05) is 41.7 Å². The van der Waals surface area contributed by atoms with E-state index in [9.17, 15) is 18.0 Å². The summed E-state index contributed by atoms with van der Waals surface area (Å²) in [4.78, 5) is 11.1. The summed E-state index contributed by atoms with van der Waals surface area (Å²) in [6, 6.07) is 5.57. The van der Waals surface area contributed by atoms with Crippen LogP contribution in [0, 0.1) is 0 Å². The topological polar surface area (TPSA) is 65.3 Å². The van der Waals surface area contributed by atoms with E-state index in [2.05, 4.69) is 10.3 Å². The van der Waals surface area contributed by atoms with Crippen molar-refractivity contribution in [3.05, 3.63) is 65.8 Å². The van der Waals surface area contributed by atoms with Crippen LogP contribution < -0.4 is 5.01 Å². The van der Waals surface area contributed by atoms with Crippen molar-refractivity contribution in [1.82, 2.24) is 0 Å². The predicted molar refractivity (Wildman–Crippen MR) is 98.8 cm³/mol. The molecule has 0 aliphatic carbocycles. The SMILES string of the molecule is C\C=C/C=C(\C=C\C(C)N=NN(CC)c1cccc(C(=O)O)c1)C(F)(F)F. The Morgan fingerprint density at radius 1 is 1.37 bits per heavy atom. The Hall–Kier alpha value is -2.90. The first-order valence-electron chi connectivity index (χ1n) is 8.29. The predicted octanol–water partition coefficient (Wildman–Crippen LogP) is 5.59. The van der Waals surface area contributed by atoms with E-state index in [0.29, 0.717) is 12.2 Å². The Labute approximate surface area is 156 Å². The molecule has 1 aromatic carbocycles. The van der Waals surface area contributed by atoms with Crippen molar-refractivity contribution in [2.45, 2.75) is 33.0 Å². The summed E-state index contributed by atoms with van der Waals surface area (Å²) < 4.78 is 38.8. The van der Waals surface area contributed by atoms with Gasteiger partial charge >= 0.3 is 12.1 Å². The zero-order chi connectivity index (χ0) is 20.4. The van der Waals surface area contributed by atoms with Crippen molar-refractivity contribution in [3.63, 3.8) is 0 Å². The number of benzene rings is 1. The van der Waals surface area contributed by atoms with Gasteiger partial charge in [-0.25, -0.2) is 9.80 Å². The van der Waals surface area contributed by atoms with Crippen molar-refractivity contribution in [3.8, 4) is 0 Å². The summed E-state index contributed by atoms with van der Waals surface area (Å²) in [6.45, 7) is 5.45. The number of halogens is 3. The Kier molecular flexibility index (Phi) is 8.44. The molecule has 0 radical (unpaired) electrons. The molecule has 1 N–H and O–H groups in total. The summed E-state index contributed by atoms with van der Waals surface area (Å²) in [5, 5.41) is 18.5. The molecule has 0 spiro atoms. The van der Waals surface area contributed by atoms with E-state index >= 15 is 0 Å². The van der Waals surface area contributed by atoms with Crippen LogP contribution in [0.25, 0.3) is 0 Å².